The van der Waals surface area contributed by atoms with Gasteiger partial charge in [-0.2, -0.15) is 0 Å². The Labute approximate surface area is 103 Å². The van der Waals surface area contributed by atoms with Crippen LogP contribution in [0, 0.1) is 6.92 Å². The fraction of sp³-hybridized carbons (Fsp3) is 0.571. The van der Waals surface area contributed by atoms with Crippen molar-refractivity contribution >= 4 is 0 Å². The molecule has 17 heavy (non-hydrogen) atoms. The average Bonchev–Trinajstić information content (AvgIpc) is 2.28. The molecule has 1 heterocycles. The summed E-state index contributed by atoms with van der Waals surface area (Å²) in [6.07, 6.45) is 0.161. The summed E-state index contributed by atoms with van der Waals surface area (Å²) in [5, 5.41) is 9.19. The molecule has 2 unspecified atom stereocenters. The third-order valence-corrected chi connectivity index (χ3v) is 3.09. The topological polar surface area (TPSA) is 32.7 Å². The van der Waals surface area contributed by atoms with Gasteiger partial charge in [-0.25, -0.2) is 0 Å². The molecule has 1 aliphatic rings. The van der Waals surface area contributed by atoms with Gasteiger partial charge in [0, 0.05) is 19.6 Å². The number of hydrogen-bond acceptors (Lipinski definition) is 3. The van der Waals surface area contributed by atoms with Crippen LogP contribution in [-0.4, -0.2) is 41.9 Å². The van der Waals surface area contributed by atoms with E-state index >= 15 is 0 Å². The normalized spacial score (nSPS) is 26.1. The Morgan fingerprint density at radius 1 is 1.41 bits per heavy atom. The predicted molar refractivity (Wildman–Crippen MR) is 67.9 cm³/mol. The molecule has 0 radical (unpaired) electrons. The molecule has 0 saturated carbocycles. The standard InChI is InChI=1S/C14H21NO2/c1-11-4-3-5-13(6-11)8-15-7-12(2)17-14(9-15)10-16/h3-6,12,14,16H,7-10H2,1-2H3. The molecule has 0 aliphatic carbocycles. The third kappa shape index (κ3) is 3.53. The van der Waals surface area contributed by atoms with Crippen molar-refractivity contribution in [1.82, 2.24) is 4.90 Å². The monoisotopic (exact) mass is 235 g/mol. The lowest BCUT2D eigenvalue weighted by atomic mass is 10.1. The number of nitrogens with zero attached hydrogens (tertiary/aromatic N) is 1. The molecule has 94 valence electrons. The van der Waals surface area contributed by atoms with E-state index in [0.29, 0.717) is 0 Å². The van der Waals surface area contributed by atoms with E-state index in [2.05, 4.69) is 43.0 Å². The lowest BCUT2D eigenvalue weighted by molar-refractivity contribution is -0.0972. The van der Waals surface area contributed by atoms with E-state index in [-0.39, 0.29) is 18.8 Å². The Bertz CT molecular complexity index is 367. The molecule has 1 aromatic carbocycles. The van der Waals surface area contributed by atoms with Gasteiger partial charge in [-0.1, -0.05) is 29.8 Å². The van der Waals surface area contributed by atoms with Gasteiger partial charge in [-0.3, -0.25) is 4.90 Å². The molecule has 2 rings (SSSR count). The number of morpholine rings is 1. The largest absolute Gasteiger partial charge is 0.394 e. The molecular weight excluding hydrogens is 214 g/mol. The molecule has 3 nitrogen and oxygen atoms in total. The van der Waals surface area contributed by atoms with E-state index in [1.54, 1.807) is 0 Å². The van der Waals surface area contributed by atoms with Crippen LogP contribution in [0.25, 0.3) is 0 Å². The van der Waals surface area contributed by atoms with E-state index in [4.69, 9.17) is 4.74 Å². The summed E-state index contributed by atoms with van der Waals surface area (Å²) in [6, 6.07) is 8.58. The highest BCUT2D eigenvalue weighted by Crippen LogP contribution is 2.14. The first-order valence-electron chi connectivity index (χ1n) is 6.21. The first-order chi connectivity index (χ1) is 8.17. The molecule has 1 aliphatic heterocycles. The summed E-state index contributed by atoms with van der Waals surface area (Å²) in [5.41, 5.74) is 2.62. The van der Waals surface area contributed by atoms with Crippen LogP contribution in [0.15, 0.2) is 24.3 Å². The summed E-state index contributed by atoms with van der Waals surface area (Å²) in [6.45, 7) is 6.97. The number of aryl methyl sites for hydroxylation is 1. The van der Waals surface area contributed by atoms with Crippen molar-refractivity contribution in [2.24, 2.45) is 0 Å². The minimum Gasteiger partial charge on any atom is -0.394 e. The second kappa shape index (κ2) is 5.63. The lowest BCUT2D eigenvalue weighted by Gasteiger charge is -2.36. The van der Waals surface area contributed by atoms with Crippen LogP contribution in [0.5, 0.6) is 0 Å². The van der Waals surface area contributed by atoms with Gasteiger partial charge in [0.05, 0.1) is 18.8 Å². The molecule has 1 N–H and O–H groups in total. The quantitative estimate of drug-likeness (QED) is 0.863. The number of aliphatic hydroxyl groups excluding tert-OH is 1. The van der Waals surface area contributed by atoms with Crippen LogP contribution in [-0.2, 0) is 11.3 Å². The van der Waals surface area contributed by atoms with E-state index in [1.165, 1.54) is 11.1 Å². The molecule has 0 amide bonds. The van der Waals surface area contributed by atoms with Crippen molar-refractivity contribution in [2.75, 3.05) is 19.7 Å². The molecule has 1 saturated heterocycles. The zero-order valence-electron chi connectivity index (χ0n) is 10.6. The zero-order valence-corrected chi connectivity index (χ0v) is 10.6. The fourth-order valence-electron chi connectivity index (χ4n) is 2.44. The first-order valence-corrected chi connectivity index (χ1v) is 6.21. The summed E-state index contributed by atoms with van der Waals surface area (Å²) < 4.78 is 5.64. The summed E-state index contributed by atoms with van der Waals surface area (Å²) in [5.74, 6) is 0. The number of aliphatic hydroxyl groups is 1. The van der Waals surface area contributed by atoms with Gasteiger partial charge >= 0.3 is 0 Å². The van der Waals surface area contributed by atoms with E-state index in [1.807, 2.05) is 0 Å². The maximum Gasteiger partial charge on any atom is 0.0936 e. The van der Waals surface area contributed by atoms with Gasteiger partial charge in [0.15, 0.2) is 0 Å². The van der Waals surface area contributed by atoms with Crippen LogP contribution in [0.1, 0.15) is 18.1 Å². The van der Waals surface area contributed by atoms with Gasteiger partial charge in [-0.15, -0.1) is 0 Å². The smallest absolute Gasteiger partial charge is 0.0936 e. The van der Waals surface area contributed by atoms with Crippen molar-refractivity contribution in [1.29, 1.82) is 0 Å². The number of ether oxygens (including phenoxy) is 1. The maximum atomic E-state index is 9.19. The van der Waals surface area contributed by atoms with Crippen LogP contribution >= 0.6 is 0 Å². The van der Waals surface area contributed by atoms with Gasteiger partial charge < -0.3 is 9.84 Å². The van der Waals surface area contributed by atoms with E-state index < -0.39 is 0 Å². The Balaban J connectivity index is 1.98. The average molecular weight is 235 g/mol. The minimum absolute atomic E-state index is 0.0384. The maximum absolute atomic E-state index is 9.19. The number of hydrogen-bond donors (Lipinski definition) is 1. The summed E-state index contributed by atoms with van der Waals surface area (Å²) in [7, 11) is 0. The van der Waals surface area contributed by atoms with Crippen LogP contribution in [0.3, 0.4) is 0 Å². The minimum atomic E-state index is -0.0384. The predicted octanol–water partition coefficient (Wildman–Crippen LogP) is 1.58. The third-order valence-electron chi connectivity index (χ3n) is 3.09. The molecule has 3 heteroatoms. The summed E-state index contributed by atoms with van der Waals surface area (Å²) >= 11 is 0. The second-order valence-corrected chi connectivity index (χ2v) is 4.93. The number of rotatable bonds is 3. The van der Waals surface area contributed by atoms with Crippen LogP contribution in [0.4, 0.5) is 0 Å². The Morgan fingerprint density at radius 2 is 2.24 bits per heavy atom. The van der Waals surface area contributed by atoms with Crippen LogP contribution in [0.2, 0.25) is 0 Å². The Hall–Kier alpha value is -0.900. The summed E-state index contributed by atoms with van der Waals surface area (Å²) in [4.78, 5) is 2.35. The van der Waals surface area contributed by atoms with Gasteiger partial charge in [0.25, 0.3) is 0 Å². The molecule has 0 bridgehead atoms. The Kier molecular flexibility index (Phi) is 4.15. The molecule has 0 spiro atoms. The van der Waals surface area contributed by atoms with Crippen molar-refractivity contribution in [3.8, 4) is 0 Å². The zero-order chi connectivity index (χ0) is 12.3. The van der Waals surface area contributed by atoms with E-state index in [0.717, 1.165) is 19.6 Å². The highest BCUT2D eigenvalue weighted by molar-refractivity contribution is 5.22. The van der Waals surface area contributed by atoms with Crippen LogP contribution < -0.4 is 0 Å². The highest BCUT2D eigenvalue weighted by Gasteiger charge is 2.24. The van der Waals surface area contributed by atoms with Gasteiger partial charge in [0.2, 0.25) is 0 Å². The lowest BCUT2D eigenvalue weighted by Crippen LogP contribution is -2.47. The molecule has 0 aromatic heterocycles. The molecular formula is C14H21NO2. The second-order valence-electron chi connectivity index (χ2n) is 4.93. The van der Waals surface area contributed by atoms with Crippen molar-refractivity contribution in [3.05, 3.63) is 35.4 Å². The first kappa shape index (κ1) is 12.6. The molecule has 1 fully saturated rings. The fourth-order valence-corrected chi connectivity index (χ4v) is 2.44. The van der Waals surface area contributed by atoms with E-state index in [9.17, 15) is 5.11 Å². The highest BCUT2D eigenvalue weighted by atomic mass is 16.5. The molecule has 1 aromatic rings. The van der Waals surface area contributed by atoms with Crippen molar-refractivity contribution in [2.45, 2.75) is 32.6 Å². The number of benzene rings is 1. The van der Waals surface area contributed by atoms with Gasteiger partial charge in [0.1, 0.15) is 0 Å². The molecule has 2 atom stereocenters. The SMILES string of the molecule is Cc1cccc(CN2CC(C)OC(CO)C2)c1. The van der Waals surface area contributed by atoms with Crippen molar-refractivity contribution < 1.29 is 9.84 Å². The Morgan fingerprint density at radius 3 is 2.94 bits per heavy atom. The van der Waals surface area contributed by atoms with Crippen molar-refractivity contribution in [3.63, 3.8) is 0 Å². The van der Waals surface area contributed by atoms with Gasteiger partial charge in [-0.05, 0) is 19.4 Å².